The number of halogens is 1. The van der Waals surface area contributed by atoms with Crippen molar-refractivity contribution in [1.82, 2.24) is 4.98 Å². The molecule has 3 rings (SSSR count). The first-order valence-electron chi connectivity index (χ1n) is 8.57. The van der Waals surface area contributed by atoms with Crippen molar-refractivity contribution in [2.75, 3.05) is 10.6 Å². The monoisotopic (exact) mass is 450 g/mol. The van der Waals surface area contributed by atoms with E-state index >= 15 is 0 Å². The Morgan fingerprint density at radius 1 is 1.00 bits per heavy atom. The Morgan fingerprint density at radius 3 is 2.28 bits per heavy atom. The molecule has 0 radical (unpaired) electrons. The Balaban J connectivity index is 2.17. The van der Waals surface area contributed by atoms with Gasteiger partial charge in [-0.25, -0.2) is 16.8 Å². The second-order valence-corrected chi connectivity index (χ2v) is 10.8. The Hall–Kier alpha value is -2.42. The molecule has 0 bridgehead atoms. The number of rotatable bonds is 6. The number of benzene rings is 2. The fourth-order valence-corrected chi connectivity index (χ4v) is 5.34. The average Bonchev–Trinajstić information content (AvgIpc) is 2.67. The molecule has 0 saturated carbocycles. The van der Waals surface area contributed by atoms with Crippen molar-refractivity contribution in [2.45, 2.75) is 23.3 Å². The minimum atomic E-state index is -4.08. The second kappa shape index (κ2) is 8.14. The third kappa shape index (κ3) is 4.77. The van der Waals surface area contributed by atoms with E-state index in [1.54, 1.807) is 55.7 Å². The lowest BCUT2D eigenvalue weighted by Crippen LogP contribution is -2.31. The molecule has 152 valence electrons. The summed E-state index contributed by atoms with van der Waals surface area (Å²) in [7, 11) is -7.65. The molecule has 0 aliphatic carbocycles. The van der Waals surface area contributed by atoms with Gasteiger partial charge in [0.25, 0.3) is 10.0 Å². The van der Waals surface area contributed by atoms with Crippen LogP contribution in [0.25, 0.3) is 0 Å². The SMILES string of the molecule is Cc1ccc(S(C)(=O)=O)cc1S(=O)(=O)N(Cc1cccnc1)c1ccc(Cl)cc1. The minimum Gasteiger partial charge on any atom is -0.264 e. The van der Waals surface area contributed by atoms with Gasteiger partial charge in [0, 0.05) is 23.7 Å². The maximum atomic E-state index is 13.6. The van der Waals surface area contributed by atoms with Crippen molar-refractivity contribution in [3.05, 3.63) is 83.1 Å². The molecule has 1 aromatic heterocycles. The van der Waals surface area contributed by atoms with Crippen LogP contribution in [0.15, 0.2) is 76.8 Å². The van der Waals surface area contributed by atoms with E-state index in [9.17, 15) is 16.8 Å². The summed E-state index contributed by atoms with van der Waals surface area (Å²) in [6.45, 7) is 1.66. The van der Waals surface area contributed by atoms with Crippen molar-refractivity contribution in [2.24, 2.45) is 0 Å². The molecule has 0 N–H and O–H groups in total. The molecule has 0 spiro atoms. The van der Waals surface area contributed by atoms with Crippen LogP contribution in [0.3, 0.4) is 0 Å². The van der Waals surface area contributed by atoms with Crippen LogP contribution in [0.5, 0.6) is 0 Å². The number of hydrogen-bond donors (Lipinski definition) is 0. The lowest BCUT2D eigenvalue weighted by atomic mass is 10.2. The van der Waals surface area contributed by atoms with E-state index in [2.05, 4.69) is 4.98 Å². The minimum absolute atomic E-state index is 0.0281. The van der Waals surface area contributed by atoms with Gasteiger partial charge in [0.1, 0.15) is 0 Å². The quantitative estimate of drug-likeness (QED) is 0.569. The highest BCUT2D eigenvalue weighted by Crippen LogP contribution is 2.30. The number of aryl methyl sites for hydroxylation is 1. The number of nitrogens with zero attached hydrogens (tertiary/aromatic N) is 2. The molecule has 0 unspecified atom stereocenters. The van der Waals surface area contributed by atoms with E-state index < -0.39 is 19.9 Å². The van der Waals surface area contributed by atoms with Gasteiger partial charge in [-0.3, -0.25) is 9.29 Å². The number of anilines is 1. The van der Waals surface area contributed by atoms with Gasteiger partial charge in [-0.1, -0.05) is 23.7 Å². The Kier molecular flexibility index (Phi) is 5.97. The van der Waals surface area contributed by atoms with Gasteiger partial charge in [0.05, 0.1) is 22.0 Å². The molecule has 1 heterocycles. The fourth-order valence-electron chi connectivity index (χ4n) is 2.79. The number of hydrogen-bond acceptors (Lipinski definition) is 5. The first-order chi connectivity index (χ1) is 13.6. The lowest BCUT2D eigenvalue weighted by Gasteiger charge is -2.25. The summed E-state index contributed by atoms with van der Waals surface area (Å²) >= 11 is 5.96. The smallest absolute Gasteiger partial charge is 0.264 e. The van der Waals surface area contributed by atoms with Crippen LogP contribution in [0, 0.1) is 6.92 Å². The zero-order chi connectivity index (χ0) is 21.2. The molecule has 9 heteroatoms. The van der Waals surface area contributed by atoms with Crippen LogP contribution in [0.2, 0.25) is 5.02 Å². The molecule has 0 atom stereocenters. The highest BCUT2D eigenvalue weighted by Gasteiger charge is 2.28. The Labute approximate surface area is 175 Å². The predicted octanol–water partition coefficient (Wildman–Crippen LogP) is 3.84. The molecular formula is C20H19ClN2O4S2. The van der Waals surface area contributed by atoms with Crippen LogP contribution < -0.4 is 4.31 Å². The van der Waals surface area contributed by atoms with Gasteiger partial charge in [-0.15, -0.1) is 0 Å². The van der Waals surface area contributed by atoms with Crippen LogP contribution in [0.1, 0.15) is 11.1 Å². The molecule has 0 aliphatic rings. The molecule has 6 nitrogen and oxygen atoms in total. The summed E-state index contributed by atoms with van der Waals surface area (Å²) in [6.07, 6.45) is 4.23. The topological polar surface area (TPSA) is 84.4 Å². The summed E-state index contributed by atoms with van der Waals surface area (Å²) in [5.41, 5.74) is 1.54. The van der Waals surface area contributed by atoms with E-state index in [1.165, 1.54) is 22.5 Å². The van der Waals surface area contributed by atoms with Crippen molar-refractivity contribution in [3.63, 3.8) is 0 Å². The zero-order valence-electron chi connectivity index (χ0n) is 15.8. The molecular weight excluding hydrogens is 432 g/mol. The summed E-state index contributed by atoms with van der Waals surface area (Å²) in [4.78, 5) is 3.92. The van der Waals surface area contributed by atoms with Gasteiger partial charge in [-0.2, -0.15) is 0 Å². The summed E-state index contributed by atoms with van der Waals surface area (Å²) in [6, 6.07) is 14.0. The van der Waals surface area contributed by atoms with Gasteiger partial charge < -0.3 is 0 Å². The molecule has 2 aromatic carbocycles. The largest absolute Gasteiger partial charge is 0.264 e. The van der Waals surface area contributed by atoms with E-state index in [0.717, 1.165) is 6.26 Å². The van der Waals surface area contributed by atoms with Gasteiger partial charge in [-0.05, 0) is 60.5 Å². The third-order valence-electron chi connectivity index (χ3n) is 4.32. The highest BCUT2D eigenvalue weighted by atomic mass is 35.5. The van der Waals surface area contributed by atoms with E-state index in [-0.39, 0.29) is 16.3 Å². The molecule has 29 heavy (non-hydrogen) atoms. The summed E-state index contributed by atoms with van der Waals surface area (Å²) in [5, 5.41) is 0.475. The van der Waals surface area contributed by atoms with Crippen molar-refractivity contribution in [3.8, 4) is 0 Å². The lowest BCUT2D eigenvalue weighted by molar-refractivity contribution is 0.589. The average molecular weight is 451 g/mol. The number of sulfonamides is 1. The number of aromatic nitrogens is 1. The highest BCUT2D eigenvalue weighted by molar-refractivity contribution is 7.93. The normalized spacial score (nSPS) is 12.0. The molecule has 0 saturated heterocycles. The van der Waals surface area contributed by atoms with E-state index in [4.69, 9.17) is 11.6 Å². The van der Waals surface area contributed by atoms with Gasteiger partial charge in [0.15, 0.2) is 9.84 Å². The molecule has 0 aliphatic heterocycles. The van der Waals surface area contributed by atoms with Gasteiger partial charge >= 0.3 is 0 Å². The van der Waals surface area contributed by atoms with Crippen molar-refractivity contribution < 1.29 is 16.8 Å². The van der Waals surface area contributed by atoms with Crippen molar-refractivity contribution >= 4 is 37.1 Å². The van der Waals surface area contributed by atoms with Gasteiger partial charge in [0.2, 0.25) is 0 Å². The summed E-state index contributed by atoms with van der Waals surface area (Å²) < 4.78 is 52.3. The van der Waals surface area contributed by atoms with E-state index in [1.807, 2.05) is 0 Å². The Bertz CT molecular complexity index is 1230. The van der Waals surface area contributed by atoms with Crippen LogP contribution in [-0.4, -0.2) is 28.1 Å². The Morgan fingerprint density at radius 2 is 1.69 bits per heavy atom. The number of pyridine rings is 1. The molecule has 3 aromatic rings. The first-order valence-corrected chi connectivity index (χ1v) is 12.3. The standard InChI is InChI=1S/C20H19ClN2O4S2/c1-15-5-10-19(28(2,24)25)12-20(15)29(26,27)23(14-16-4-3-11-22-13-16)18-8-6-17(21)7-9-18/h3-13H,14H2,1-2H3. The van der Waals surface area contributed by atoms with Crippen molar-refractivity contribution in [1.29, 1.82) is 0 Å². The zero-order valence-corrected chi connectivity index (χ0v) is 18.2. The second-order valence-electron chi connectivity index (χ2n) is 6.55. The first kappa shape index (κ1) is 21.3. The molecule has 0 amide bonds. The maximum absolute atomic E-state index is 13.6. The maximum Gasteiger partial charge on any atom is 0.264 e. The number of sulfone groups is 1. The third-order valence-corrected chi connectivity index (χ3v) is 7.60. The predicted molar refractivity (Wildman–Crippen MR) is 113 cm³/mol. The molecule has 0 fully saturated rings. The van der Waals surface area contributed by atoms with Crippen LogP contribution in [-0.2, 0) is 26.4 Å². The van der Waals surface area contributed by atoms with Crippen LogP contribution in [0.4, 0.5) is 5.69 Å². The van der Waals surface area contributed by atoms with Crippen LogP contribution >= 0.6 is 11.6 Å². The fraction of sp³-hybridized carbons (Fsp3) is 0.150. The van der Waals surface area contributed by atoms with E-state index in [0.29, 0.717) is 21.8 Å². The summed E-state index contributed by atoms with van der Waals surface area (Å²) in [5.74, 6) is 0.